The van der Waals surface area contributed by atoms with E-state index in [4.69, 9.17) is 14.6 Å². The quantitative estimate of drug-likeness (QED) is 0.503. The monoisotopic (exact) mass is 451 g/mol. The number of nitrogen functional groups attached to an aromatic ring is 1. The molecule has 0 fully saturated rings. The maximum atomic E-state index is 13.2. The lowest BCUT2D eigenvalue weighted by Crippen LogP contribution is -2.36. The third-order valence-electron chi connectivity index (χ3n) is 5.62. The highest BCUT2D eigenvalue weighted by Gasteiger charge is 2.30. The number of ether oxygens (including phenoxy) is 1. The molecular weight excluding hydrogens is 420 g/mol. The molecule has 1 aromatic carbocycles. The molecule has 1 amide bonds. The van der Waals surface area contributed by atoms with Gasteiger partial charge in [-0.25, -0.2) is 9.97 Å². The predicted molar refractivity (Wildman–Crippen MR) is 126 cm³/mol. The number of benzene rings is 1. The minimum absolute atomic E-state index is 0.0498. The zero-order valence-electron chi connectivity index (χ0n) is 21.5. The third-order valence-corrected chi connectivity index (χ3v) is 5.62. The van der Waals surface area contributed by atoms with Crippen molar-refractivity contribution in [3.05, 3.63) is 75.0 Å². The maximum Gasteiger partial charge on any atom is 0.294 e. The fourth-order valence-electron chi connectivity index (χ4n) is 3.99. The van der Waals surface area contributed by atoms with Crippen LogP contribution in [0.2, 0.25) is 0 Å². The summed E-state index contributed by atoms with van der Waals surface area (Å²) in [5, 5.41) is 5.82. The summed E-state index contributed by atoms with van der Waals surface area (Å²) in [7, 11) is 1.60. The number of carbonyl (C=O) groups is 1. The van der Waals surface area contributed by atoms with Gasteiger partial charge in [-0.15, -0.1) is 0 Å². The minimum Gasteiger partial charge on any atom is -0.497 e. The Bertz CT molecular complexity index is 1360. The second kappa shape index (κ2) is 9.32. The van der Waals surface area contributed by atoms with Crippen LogP contribution in [-0.4, -0.2) is 27.6 Å². The molecule has 0 saturated heterocycles. The van der Waals surface area contributed by atoms with E-state index in [0.717, 1.165) is 16.9 Å². The molecule has 4 N–H and O–H groups in total. The van der Waals surface area contributed by atoms with Crippen molar-refractivity contribution in [2.75, 3.05) is 18.2 Å². The minimum atomic E-state index is -2.47. The summed E-state index contributed by atoms with van der Waals surface area (Å²) < 4.78 is 29.8. The molecule has 4 rings (SSSR count). The molecule has 1 aliphatic heterocycles. The van der Waals surface area contributed by atoms with Gasteiger partial charge in [0.25, 0.3) is 5.56 Å². The second-order valence-electron chi connectivity index (χ2n) is 8.00. The number of hydrogen-bond acceptors (Lipinski definition) is 7. The molecule has 0 aliphatic carbocycles. The molecule has 0 saturated carbocycles. The van der Waals surface area contributed by atoms with E-state index in [2.05, 4.69) is 20.6 Å². The summed E-state index contributed by atoms with van der Waals surface area (Å²) in [5.74, 6) is 0.570. The Balaban J connectivity index is 1.50. The number of aryl methyl sites for hydroxylation is 3. The number of nitrogens with zero attached hydrogens (tertiary/aromatic N) is 3. The molecule has 2 aromatic heterocycles. The van der Waals surface area contributed by atoms with Gasteiger partial charge in [-0.05, 0) is 61.5 Å². The third kappa shape index (κ3) is 4.82. The van der Waals surface area contributed by atoms with Gasteiger partial charge < -0.3 is 21.1 Å². The van der Waals surface area contributed by atoms with E-state index >= 15 is 0 Å². The molecule has 3 aromatic rings. The van der Waals surface area contributed by atoms with Crippen LogP contribution in [0.25, 0.3) is 0 Å². The van der Waals surface area contributed by atoms with Crippen LogP contribution in [0.1, 0.15) is 44.7 Å². The highest BCUT2D eigenvalue weighted by molar-refractivity contribution is 5.81. The first kappa shape index (κ1) is 18.7. The molecular formula is C24H28N6O3. The maximum absolute atomic E-state index is 13.2. The Morgan fingerprint density at radius 2 is 2.18 bits per heavy atom. The van der Waals surface area contributed by atoms with Gasteiger partial charge >= 0.3 is 0 Å². The number of nitrogens with one attached hydrogen (secondary N) is 2. The fraction of sp³-hybridized carbons (Fsp3) is 0.333. The number of aromatic nitrogens is 3. The van der Waals surface area contributed by atoms with E-state index in [1.54, 1.807) is 13.3 Å². The predicted octanol–water partition coefficient (Wildman–Crippen LogP) is 2.26. The second-order valence-corrected chi connectivity index (χ2v) is 8.00. The average molecular weight is 452 g/mol. The van der Waals surface area contributed by atoms with Crippen molar-refractivity contribution < 1.29 is 13.6 Å². The Kier molecular flexibility index (Phi) is 5.27. The molecule has 0 unspecified atom stereocenters. The van der Waals surface area contributed by atoms with Crippen molar-refractivity contribution in [2.45, 2.75) is 45.7 Å². The summed E-state index contributed by atoms with van der Waals surface area (Å²) in [6.45, 7) is -0.205. The fourth-order valence-corrected chi connectivity index (χ4v) is 3.99. The topological polar surface area (TPSA) is 124 Å². The van der Waals surface area contributed by atoms with Crippen LogP contribution in [0.3, 0.4) is 0 Å². The summed E-state index contributed by atoms with van der Waals surface area (Å²) in [6.07, 6.45) is 2.57. The first-order chi connectivity index (χ1) is 17.1. The number of rotatable bonds is 7. The van der Waals surface area contributed by atoms with E-state index in [1.807, 2.05) is 25.1 Å². The van der Waals surface area contributed by atoms with Gasteiger partial charge in [0.1, 0.15) is 17.6 Å². The zero-order valence-corrected chi connectivity index (χ0v) is 18.5. The molecule has 9 nitrogen and oxygen atoms in total. The number of anilines is 2. The number of carbonyl (C=O) groups excluding carboxylic acids is 1. The standard InChI is InChI=1S/C24H28N6O3/c1-14-8-16(10-19(9-14)33-3)11-26-22-24(32)30-18(13-27-22)5-6-20(30)23(31)28-12-17-4-7-21(25)29-15(17)2/h4,7-10,13,20H,5-6,11-12H2,1-3H3,(H2,25,29)(H,26,27)(H,28,31)/t20-/m0/s1/i2D3. The van der Waals surface area contributed by atoms with E-state index < -0.39 is 12.9 Å². The Hall–Kier alpha value is -3.88. The van der Waals surface area contributed by atoms with Crippen LogP contribution in [0.15, 0.2) is 41.3 Å². The summed E-state index contributed by atoms with van der Waals surface area (Å²) >= 11 is 0. The van der Waals surface area contributed by atoms with Gasteiger partial charge in [-0.2, -0.15) is 0 Å². The van der Waals surface area contributed by atoms with Gasteiger partial charge in [-0.3, -0.25) is 14.2 Å². The lowest BCUT2D eigenvalue weighted by atomic mass is 10.1. The van der Waals surface area contributed by atoms with Crippen LogP contribution >= 0.6 is 0 Å². The van der Waals surface area contributed by atoms with Crippen molar-refractivity contribution in [2.24, 2.45) is 0 Å². The molecule has 33 heavy (non-hydrogen) atoms. The molecule has 1 atom stereocenters. The van der Waals surface area contributed by atoms with Gasteiger partial charge in [0.05, 0.1) is 7.11 Å². The number of fused-ring (bicyclic) bond motifs is 1. The number of amides is 1. The largest absolute Gasteiger partial charge is 0.497 e. The molecule has 0 bridgehead atoms. The van der Waals surface area contributed by atoms with Crippen molar-refractivity contribution in [3.8, 4) is 5.75 Å². The number of methoxy groups -OCH3 is 1. The summed E-state index contributed by atoms with van der Waals surface area (Å²) in [6, 6.07) is 8.06. The summed E-state index contributed by atoms with van der Waals surface area (Å²) in [5.41, 5.74) is 8.06. The van der Waals surface area contributed by atoms with Gasteiger partial charge in [0, 0.05) is 34.8 Å². The van der Waals surface area contributed by atoms with Crippen molar-refractivity contribution >= 4 is 17.5 Å². The van der Waals surface area contributed by atoms with E-state index in [9.17, 15) is 9.59 Å². The Morgan fingerprint density at radius 1 is 1.33 bits per heavy atom. The van der Waals surface area contributed by atoms with Gasteiger partial charge in [0.15, 0.2) is 5.82 Å². The van der Waals surface area contributed by atoms with Crippen molar-refractivity contribution in [3.63, 3.8) is 0 Å². The number of hydrogen-bond donors (Lipinski definition) is 3. The van der Waals surface area contributed by atoms with E-state index in [0.29, 0.717) is 30.6 Å². The van der Waals surface area contributed by atoms with Crippen molar-refractivity contribution in [1.82, 2.24) is 19.9 Å². The smallest absolute Gasteiger partial charge is 0.294 e. The van der Waals surface area contributed by atoms with E-state index in [1.165, 1.54) is 16.7 Å². The van der Waals surface area contributed by atoms with Crippen molar-refractivity contribution in [1.29, 1.82) is 0 Å². The molecule has 172 valence electrons. The van der Waals surface area contributed by atoms with Gasteiger partial charge in [0.2, 0.25) is 5.91 Å². The highest BCUT2D eigenvalue weighted by Crippen LogP contribution is 2.24. The first-order valence-electron chi connectivity index (χ1n) is 12.1. The van der Waals surface area contributed by atoms with Crippen LogP contribution in [-0.2, 0) is 24.3 Å². The highest BCUT2D eigenvalue weighted by atomic mass is 16.5. The van der Waals surface area contributed by atoms with Crippen LogP contribution in [0, 0.1) is 13.8 Å². The first-order valence-corrected chi connectivity index (χ1v) is 10.6. The van der Waals surface area contributed by atoms with Crippen LogP contribution in [0.4, 0.5) is 11.6 Å². The van der Waals surface area contributed by atoms with Gasteiger partial charge in [-0.1, -0.05) is 12.1 Å². The lowest BCUT2D eigenvalue weighted by Gasteiger charge is -2.16. The van der Waals surface area contributed by atoms with Crippen LogP contribution in [0.5, 0.6) is 5.75 Å². The van der Waals surface area contributed by atoms with E-state index in [-0.39, 0.29) is 35.3 Å². The Labute approximate surface area is 196 Å². The number of nitrogens with two attached hydrogens (primary N) is 1. The molecule has 9 heteroatoms. The lowest BCUT2D eigenvalue weighted by molar-refractivity contribution is -0.124. The molecule has 0 spiro atoms. The zero-order chi connectivity index (χ0) is 26.0. The SMILES string of the molecule is [2H]C([2H])([2H])c1nc(N)ccc1CNC(=O)[C@@H]1CCc2cnc(NCc3cc(C)cc(OC)c3)c(=O)n21. The molecule has 0 radical (unpaired) electrons. The Morgan fingerprint density at radius 3 is 2.97 bits per heavy atom. The average Bonchev–Trinajstić information content (AvgIpc) is 3.27. The number of pyridine rings is 1. The van der Waals surface area contributed by atoms with Crippen LogP contribution < -0.4 is 26.7 Å². The summed E-state index contributed by atoms with van der Waals surface area (Å²) in [4.78, 5) is 34.5. The molecule has 3 heterocycles. The normalized spacial score (nSPS) is 16.3. The molecule has 1 aliphatic rings.